The van der Waals surface area contributed by atoms with Gasteiger partial charge in [0.15, 0.2) is 12.0 Å². The largest absolute Gasteiger partial charge is 0.435 e. The molecule has 2 aromatic rings. The molecule has 0 fully saturated rings. The third-order valence-corrected chi connectivity index (χ3v) is 2.39. The molecule has 94 valence electrons. The Hall–Kier alpha value is -2.11. The van der Waals surface area contributed by atoms with Crippen LogP contribution in [0.15, 0.2) is 30.3 Å². The van der Waals surface area contributed by atoms with Gasteiger partial charge in [-0.1, -0.05) is 12.1 Å². The molecule has 0 aliphatic carbocycles. The number of aryl methyl sites for hydroxylation is 1. The first-order valence-electron chi connectivity index (χ1n) is 5.11. The zero-order chi connectivity index (χ0) is 13.3. The maximum absolute atomic E-state index is 12.5. The summed E-state index contributed by atoms with van der Waals surface area (Å²) in [5.41, 5.74) is 0.0834. The van der Waals surface area contributed by atoms with Crippen LogP contribution in [0.25, 0.3) is 5.69 Å². The minimum atomic E-state index is -4.56. The van der Waals surface area contributed by atoms with Crippen molar-refractivity contribution in [2.24, 2.45) is 0 Å². The number of aromatic nitrogens is 2. The lowest BCUT2D eigenvalue weighted by Gasteiger charge is -2.04. The number of rotatable bonds is 2. The lowest BCUT2D eigenvalue weighted by molar-refractivity contribution is -0.141. The van der Waals surface area contributed by atoms with Gasteiger partial charge in [-0.15, -0.1) is 0 Å². The van der Waals surface area contributed by atoms with Crippen molar-refractivity contribution in [3.8, 4) is 5.69 Å². The number of aldehydes is 1. The fourth-order valence-corrected chi connectivity index (χ4v) is 1.58. The number of nitrogens with zero attached hydrogens (tertiary/aromatic N) is 2. The smallest absolute Gasteiger partial charge is 0.296 e. The molecule has 0 bridgehead atoms. The van der Waals surface area contributed by atoms with Gasteiger partial charge in [0, 0.05) is 0 Å². The lowest BCUT2D eigenvalue weighted by atomic mass is 10.2. The minimum absolute atomic E-state index is 0.132. The van der Waals surface area contributed by atoms with E-state index < -0.39 is 11.9 Å². The van der Waals surface area contributed by atoms with Crippen LogP contribution in [0, 0.1) is 6.92 Å². The average molecular weight is 254 g/mol. The maximum Gasteiger partial charge on any atom is 0.435 e. The highest BCUT2D eigenvalue weighted by Gasteiger charge is 2.35. The van der Waals surface area contributed by atoms with Gasteiger partial charge in [0.2, 0.25) is 0 Å². The summed E-state index contributed by atoms with van der Waals surface area (Å²) in [4.78, 5) is 10.8. The van der Waals surface area contributed by atoms with Gasteiger partial charge in [0.25, 0.3) is 0 Å². The van der Waals surface area contributed by atoms with E-state index in [1.165, 1.54) is 0 Å². The molecule has 1 heterocycles. The first-order valence-corrected chi connectivity index (χ1v) is 5.11. The molecule has 0 spiro atoms. The number of carbonyl (C=O) groups is 1. The SMILES string of the molecule is Cc1cccc(-n2nc(C(F)(F)F)cc2C=O)c1. The lowest BCUT2D eigenvalue weighted by Crippen LogP contribution is -2.07. The number of benzene rings is 1. The third-order valence-electron chi connectivity index (χ3n) is 2.39. The van der Waals surface area contributed by atoms with E-state index in [9.17, 15) is 18.0 Å². The van der Waals surface area contributed by atoms with Crippen LogP contribution in [0.4, 0.5) is 13.2 Å². The van der Waals surface area contributed by atoms with Crippen LogP contribution in [-0.2, 0) is 6.18 Å². The Balaban J connectivity index is 2.57. The van der Waals surface area contributed by atoms with Crippen molar-refractivity contribution in [1.82, 2.24) is 9.78 Å². The molecule has 1 aromatic carbocycles. The molecule has 6 heteroatoms. The van der Waals surface area contributed by atoms with Crippen LogP contribution in [0.5, 0.6) is 0 Å². The standard InChI is InChI=1S/C12H9F3N2O/c1-8-3-2-4-9(5-8)17-10(7-18)6-11(16-17)12(13,14)15/h2-7H,1H3. The summed E-state index contributed by atoms with van der Waals surface area (Å²) >= 11 is 0. The topological polar surface area (TPSA) is 34.9 Å². The molecule has 0 saturated heterocycles. The Bertz CT molecular complexity index is 587. The van der Waals surface area contributed by atoms with Crippen LogP contribution in [0.2, 0.25) is 0 Å². The summed E-state index contributed by atoms with van der Waals surface area (Å²) in [5, 5.41) is 3.42. The molecule has 0 unspecified atom stereocenters. The van der Waals surface area contributed by atoms with Crippen molar-refractivity contribution in [2.75, 3.05) is 0 Å². The number of hydrogen-bond acceptors (Lipinski definition) is 2. The summed E-state index contributed by atoms with van der Waals surface area (Å²) in [6.07, 6.45) is -4.21. The highest BCUT2D eigenvalue weighted by atomic mass is 19.4. The fourth-order valence-electron chi connectivity index (χ4n) is 1.58. The quantitative estimate of drug-likeness (QED) is 0.772. The normalized spacial score (nSPS) is 11.6. The van der Waals surface area contributed by atoms with Crippen molar-refractivity contribution in [3.05, 3.63) is 47.3 Å². The van der Waals surface area contributed by atoms with Gasteiger partial charge in [-0.2, -0.15) is 18.3 Å². The summed E-state index contributed by atoms with van der Waals surface area (Å²) in [6, 6.07) is 7.47. The Morgan fingerprint density at radius 3 is 2.56 bits per heavy atom. The minimum Gasteiger partial charge on any atom is -0.296 e. The van der Waals surface area contributed by atoms with Gasteiger partial charge in [-0.3, -0.25) is 4.79 Å². The van der Waals surface area contributed by atoms with E-state index in [4.69, 9.17) is 0 Å². The number of hydrogen-bond donors (Lipinski definition) is 0. The molecule has 2 rings (SSSR count). The maximum atomic E-state index is 12.5. The molecule has 0 atom stereocenters. The summed E-state index contributed by atoms with van der Waals surface area (Å²) < 4.78 is 38.6. The summed E-state index contributed by atoms with van der Waals surface area (Å²) in [7, 11) is 0. The van der Waals surface area contributed by atoms with E-state index in [0.29, 0.717) is 12.0 Å². The van der Waals surface area contributed by atoms with Gasteiger partial charge in [0.05, 0.1) is 5.69 Å². The van der Waals surface area contributed by atoms with Crippen molar-refractivity contribution >= 4 is 6.29 Å². The molecule has 0 radical (unpaired) electrons. The Morgan fingerprint density at radius 1 is 1.28 bits per heavy atom. The molecule has 0 N–H and O–H groups in total. The predicted octanol–water partition coefficient (Wildman–Crippen LogP) is 3.01. The molecule has 0 saturated carbocycles. The molecule has 0 aliphatic rings. The molecule has 3 nitrogen and oxygen atoms in total. The monoisotopic (exact) mass is 254 g/mol. The van der Waals surface area contributed by atoms with Crippen LogP contribution in [0.3, 0.4) is 0 Å². The highest BCUT2D eigenvalue weighted by Crippen LogP contribution is 2.29. The third kappa shape index (κ3) is 2.27. The van der Waals surface area contributed by atoms with Crippen LogP contribution < -0.4 is 0 Å². The van der Waals surface area contributed by atoms with Gasteiger partial charge in [-0.25, -0.2) is 4.68 Å². The van der Waals surface area contributed by atoms with E-state index in [0.717, 1.165) is 16.3 Å². The second kappa shape index (κ2) is 4.29. The van der Waals surface area contributed by atoms with Crippen LogP contribution >= 0.6 is 0 Å². The van der Waals surface area contributed by atoms with E-state index in [1.807, 2.05) is 0 Å². The molecule has 0 amide bonds. The summed E-state index contributed by atoms with van der Waals surface area (Å²) in [6.45, 7) is 1.80. The summed E-state index contributed by atoms with van der Waals surface area (Å²) in [5.74, 6) is 0. The number of halogens is 3. The average Bonchev–Trinajstić information content (AvgIpc) is 2.72. The van der Waals surface area contributed by atoms with Crippen molar-refractivity contribution < 1.29 is 18.0 Å². The molecular weight excluding hydrogens is 245 g/mol. The van der Waals surface area contributed by atoms with E-state index in [1.54, 1.807) is 31.2 Å². The zero-order valence-electron chi connectivity index (χ0n) is 9.40. The Morgan fingerprint density at radius 2 is 2.00 bits per heavy atom. The molecule has 18 heavy (non-hydrogen) atoms. The van der Waals surface area contributed by atoms with Crippen LogP contribution in [0.1, 0.15) is 21.7 Å². The predicted molar refractivity (Wildman–Crippen MR) is 58.7 cm³/mol. The van der Waals surface area contributed by atoms with Crippen LogP contribution in [-0.4, -0.2) is 16.1 Å². The van der Waals surface area contributed by atoms with Gasteiger partial charge in [-0.05, 0) is 30.7 Å². The first kappa shape index (κ1) is 12.3. The van der Waals surface area contributed by atoms with Crippen molar-refractivity contribution in [3.63, 3.8) is 0 Å². The van der Waals surface area contributed by atoms with E-state index in [2.05, 4.69) is 5.10 Å². The van der Waals surface area contributed by atoms with E-state index in [-0.39, 0.29) is 5.69 Å². The Kier molecular flexibility index (Phi) is 2.94. The Labute approximate surface area is 101 Å². The molecule has 0 aliphatic heterocycles. The second-order valence-corrected chi connectivity index (χ2v) is 3.82. The van der Waals surface area contributed by atoms with Crippen molar-refractivity contribution in [2.45, 2.75) is 13.1 Å². The zero-order valence-corrected chi connectivity index (χ0v) is 9.40. The highest BCUT2D eigenvalue weighted by molar-refractivity contribution is 5.73. The fraction of sp³-hybridized carbons (Fsp3) is 0.167. The molecule has 1 aromatic heterocycles. The number of alkyl halides is 3. The van der Waals surface area contributed by atoms with Crippen molar-refractivity contribution in [1.29, 1.82) is 0 Å². The van der Waals surface area contributed by atoms with Gasteiger partial charge >= 0.3 is 6.18 Å². The van der Waals surface area contributed by atoms with Gasteiger partial charge in [0.1, 0.15) is 5.69 Å². The first-order chi connectivity index (χ1) is 8.41. The van der Waals surface area contributed by atoms with E-state index >= 15 is 0 Å². The number of carbonyl (C=O) groups excluding carboxylic acids is 1. The van der Waals surface area contributed by atoms with Gasteiger partial charge < -0.3 is 0 Å². The molecular formula is C12H9F3N2O. The second-order valence-electron chi connectivity index (χ2n) is 3.82.